The van der Waals surface area contributed by atoms with Crippen molar-refractivity contribution in [2.24, 2.45) is 0 Å². The largest absolute Gasteiger partial charge is 0.480 e. The Balaban J connectivity index is 1.86. The molecule has 0 saturated carbocycles. The summed E-state index contributed by atoms with van der Waals surface area (Å²) < 4.78 is 18.6. The van der Waals surface area contributed by atoms with Gasteiger partial charge in [0.05, 0.1) is 0 Å². The van der Waals surface area contributed by atoms with E-state index in [0.29, 0.717) is 17.1 Å². The summed E-state index contributed by atoms with van der Waals surface area (Å²) in [6.45, 7) is 1.41. The van der Waals surface area contributed by atoms with Crippen LogP contribution in [0.5, 0.6) is 11.5 Å². The van der Waals surface area contributed by atoms with E-state index in [1.807, 2.05) is 0 Å². The molecular weight excluding hydrogens is 381 g/mol. The molecule has 0 aliphatic heterocycles. The lowest BCUT2D eigenvalue weighted by Gasteiger charge is -2.12. The molecule has 1 aromatic heterocycles. The molecule has 3 aromatic rings. The number of aromatic nitrogens is 2. The van der Waals surface area contributed by atoms with Crippen LogP contribution in [-0.4, -0.2) is 38.2 Å². The second kappa shape index (κ2) is 8.34. The number of carboxylic acids is 2. The molecule has 2 aromatic carbocycles. The first kappa shape index (κ1) is 19.7. The van der Waals surface area contributed by atoms with Crippen molar-refractivity contribution in [1.82, 2.24) is 9.97 Å². The van der Waals surface area contributed by atoms with Gasteiger partial charge in [0.15, 0.2) is 11.5 Å². The summed E-state index contributed by atoms with van der Waals surface area (Å²) in [6, 6.07) is 12.2. The lowest BCUT2D eigenvalue weighted by atomic mass is 10.2. The third-order valence-electron chi connectivity index (χ3n) is 3.84. The number of nitrogens with one attached hydrogen (secondary N) is 1. The Hall–Kier alpha value is -4.01. The average molecular weight is 397 g/mol. The zero-order valence-corrected chi connectivity index (χ0v) is 15.2. The van der Waals surface area contributed by atoms with Gasteiger partial charge in [-0.2, -0.15) is 0 Å². The SMILES string of the molecule is C[C@H](Nc1cc(C(=O)O)nc(-c2ccc(Oc3ccc(F)cc3)cc2)n1)C(=O)O. The lowest BCUT2D eigenvalue weighted by molar-refractivity contribution is -0.137. The number of rotatable bonds is 7. The fraction of sp³-hybridized carbons (Fsp3) is 0.100. The fourth-order valence-electron chi connectivity index (χ4n) is 2.35. The lowest BCUT2D eigenvalue weighted by Crippen LogP contribution is -2.26. The Morgan fingerprint density at radius 2 is 1.59 bits per heavy atom. The number of halogens is 1. The summed E-state index contributed by atoms with van der Waals surface area (Å²) in [7, 11) is 0. The first-order chi connectivity index (χ1) is 13.8. The van der Waals surface area contributed by atoms with E-state index < -0.39 is 18.0 Å². The van der Waals surface area contributed by atoms with Crippen molar-refractivity contribution in [1.29, 1.82) is 0 Å². The van der Waals surface area contributed by atoms with Gasteiger partial charge in [0.2, 0.25) is 0 Å². The van der Waals surface area contributed by atoms with Gasteiger partial charge >= 0.3 is 11.9 Å². The van der Waals surface area contributed by atoms with Gasteiger partial charge in [0.1, 0.15) is 29.2 Å². The summed E-state index contributed by atoms with van der Waals surface area (Å²) in [5.74, 6) is -1.62. The van der Waals surface area contributed by atoms with Crippen molar-refractivity contribution in [3.63, 3.8) is 0 Å². The van der Waals surface area contributed by atoms with Crippen molar-refractivity contribution in [3.05, 3.63) is 66.1 Å². The average Bonchev–Trinajstić information content (AvgIpc) is 2.70. The number of carbonyl (C=O) groups is 2. The molecule has 9 heteroatoms. The maximum atomic E-state index is 13.0. The number of carboxylic acid groups (broad SMARTS) is 2. The molecule has 1 atom stereocenters. The number of aromatic carboxylic acids is 1. The molecule has 29 heavy (non-hydrogen) atoms. The topological polar surface area (TPSA) is 122 Å². The number of nitrogens with zero attached hydrogens (tertiary/aromatic N) is 2. The number of benzene rings is 2. The second-order valence-electron chi connectivity index (χ2n) is 6.05. The van der Waals surface area contributed by atoms with Gasteiger partial charge in [-0.1, -0.05) is 0 Å². The first-order valence-electron chi connectivity index (χ1n) is 8.47. The molecule has 0 unspecified atom stereocenters. The van der Waals surface area contributed by atoms with Gasteiger partial charge in [-0.3, -0.25) is 4.79 Å². The molecule has 3 N–H and O–H groups in total. The fourth-order valence-corrected chi connectivity index (χ4v) is 2.35. The molecule has 0 aliphatic carbocycles. The van der Waals surface area contributed by atoms with Crippen molar-refractivity contribution >= 4 is 17.8 Å². The van der Waals surface area contributed by atoms with Crippen LogP contribution in [0.2, 0.25) is 0 Å². The van der Waals surface area contributed by atoms with E-state index in [1.165, 1.54) is 31.2 Å². The number of aliphatic carboxylic acids is 1. The van der Waals surface area contributed by atoms with E-state index in [4.69, 9.17) is 9.84 Å². The van der Waals surface area contributed by atoms with Crippen LogP contribution in [0.15, 0.2) is 54.6 Å². The maximum Gasteiger partial charge on any atom is 0.354 e. The Labute approximate surface area is 164 Å². The Kier molecular flexibility index (Phi) is 5.68. The van der Waals surface area contributed by atoms with E-state index in [9.17, 15) is 19.1 Å². The van der Waals surface area contributed by atoms with Crippen LogP contribution in [0.4, 0.5) is 10.2 Å². The van der Waals surface area contributed by atoms with E-state index in [1.54, 1.807) is 24.3 Å². The number of hydrogen-bond acceptors (Lipinski definition) is 6. The molecule has 148 valence electrons. The highest BCUT2D eigenvalue weighted by molar-refractivity contribution is 5.87. The molecule has 0 spiro atoms. The third kappa shape index (κ3) is 5.04. The van der Waals surface area contributed by atoms with Crippen LogP contribution < -0.4 is 10.1 Å². The van der Waals surface area contributed by atoms with Gasteiger partial charge in [0.25, 0.3) is 0 Å². The van der Waals surface area contributed by atoms with Crippen LogP contribution in [0, 0.1) is 5.82 Å². The molecule has 1 heterocycles. The molecule has 0 fully saturated rings. The van der Waals surface area contributed by atoms with Gasteiger partial charge in [-0.15, -0.1) is 0 Å². The smallest absolute Gasteiger partial charge is 0.354 e. The molecule has 0 aliphatic rings. The molecule has 0 bridgehead atoms. The van der Waals surface area contributed by atoms with E-state index >= 15 is 0 Å². The minimum Gasteiger partial charge on any atom is -0.480 e. The van der Waals surface area contributed by atoms with Crippen LogP contribution in [0.25, 0.3) is 11.4 Å². The molecule has 0 amide bonds. The van der Waals surface area contributed by atoms with Crippen LogP contribution >= 0.6 is 0 Å². The highest BCUT2D eigenvalue weighted by Gasteiger charge is 2.16. The quantitative estimate of drug-likeness (QED) is 0.552. The zero-order valence-electron chi connectivity index (χ0n) is 15.2. The van der Waals surface area contributed by atoms with Crippen LogP contribution in [0.3, 0.4) is 0 Å². The van der Waals surface area contributed by atoms with Gasteiger partial charge < -0.3 is 20.3 Å². The molecule has 8 nitrogen and oxygen atoms in total. The van der Waals surface area contributed by atoms with Crippen LogP contribution in [0.1, 0.15) is 17.4 Å². The normalized spacial score (nSPS) is 11.5. The predicted molar refractivity (Wildman–Crippen MR) is 102 cm³/mol. The number of ether oxygens (including phenoxy) is 1. The highest BCUT2D eigenvalue weighted by atomic mass is 19.1. The van der Waals surface area contributed by atoms with Gasteiger partial charge in [-0.05, 0) is 55.5 Å². The van der Waals surface area contributed by atoms with Crippen molar-refractivity contribution < 1.29 is 28.9 Å². The zero-order chi connectivity index (χ0) is 21.0. The number of hydrogen-bond donors (Lipinski definition) is 3. The van der Waals surface area contributed by atoms with Crippen molar-refractivity contribution in [3.8, 4) is 22.9 Å². The summed E-state index contributed by atoms with van der Waals surface area (Å²) in [4.78, 5) is 30.6. The summed E-state index contributed by atoms with van der Waals surface area (Å²) in [5.41, 5.74) is 0.229. The monoisotopic (exact) mass is 397 g/mol. The molecular formula is C20H16FN3O5. The summed E-state index contributed by atoms with van der Waals surface area (Å²) in [5, 5.41) is 20.9. The van der Waals surface area contributed by atoms with E-state index in [2.05, 4.69) is 15.3 Å². The van der Waals surface area contributed by atoms with Gasteiger partial charge in [0, 0.05) is 11.6 Å². The first-order valence-corrected chi connectivity index (χ1v) is 8.47. The summed E-state index contributed by atoms with van der Waals surface area (Å²) >= 11 is 0. The third-order valence-corrected chi connectivity index (χ3v) is 3.84. The van der Waals surface area contributed by atoms with Crippen molar-refractivity contribution in [2.75, 3.05) is 5.32 Å². The van der Waals surface area contributed by atoms with E-state index in [0.717, 1.165) is 6.07 Å². The Morgan fingerprint density at radius 1 is 1.00 bits per heavy atom. The highest BCUT2D eigenvalue weighted by Crippen LogP contribution is 2.25. The molecule has 0 radical (unpaired) electrons. The Bertz CT molecular complexity index is 1040. The van der Waals surface area contributed by atoms with E-state index in [-0.39, 0.29) is 23.2 Å². The standard InChI is InChI=1S/C20H16FN3O5/c1-11(19(25)26)22-17-10-16(20(27)28)23-18(24-17)12-2-6-14(7-3-12)29-15-8-4-13(21)5-9-15/h2-11H,1H3,(H,25,26)(H,27,28)(H,22,23,24)/t11-/m0/s1. The predicted octanol–water partition coefficient (Wildman–Crippen LogP) is 3.66. The maximum absolute atomic E-state index is 13.0. The minimum atomic E-state index is -1.27. The Morgan fingerprint density at radius 3 is 2.14 bits per heavy atom. The summed E-state index contributed by atoms with van der Waals surface area (Å²) in [6.07, 6.45) is 0. The number of anilines is 1. The second-order valence-corrected chi connectivity index (χ2v) is 6.05. The van der Waals surface area contributed by atoms with Crippen LogP contribution in [-0.2, 0) is 4.79 Å². The molecule has 0 saturated heterocycles. The minimum absolute atomic E-state index is 0.0777. The van der Waals surface area contributed by atoms with Crippen molar-refractivity contribution in [2.45, 2.75) is 13.0 Å². The molecule has 3 rings (SSSR count). The van der Waals surface area contributed by atoms with Gasteiger partial charge in [-0.25, -0.2) is 19.2 Å².